The maximum atomic E-state index is 13.2. The van der Waals surface area contributed by atoms with Gasteiger partial charge in [0.05, 0.1) is 5.02 Å². The van der Waals surface area contributed by atoms with Gasteiger partial charge < -0.3 is 4.42 Å². The molecule has 2 aromatic heterocycles. The zero-order valence-electron chi connectivity index (χ0n) is 10.7. The second kappa shape index (κ2) is 5.00. The van der Waals surface area contributed by atoms with E-state index in [1.54, 1.807) is 6.92 Å². The molecular weight excluding hydrogens is 297 g/mol. The standard InChI is InChI=1S/C13H7ClFN5O/c1-6-11(12-10(5-16)18-20-19-12)17-13(21-6)7-2-3-9(15)8(14)4-7/h2-4H,1H3,(H,18,19,20). The maximum Gasteiger partial charge on any atom is 0.226 e. The van der Waals surface area contributed by atoms with Crippen molar-refractivity contribution in [2.24, 2.45) is 0 Å². The maximum absolute atomic E-state index is 13.2. The van der Waals surface area contributed by atoms with E-state index in [-0.39, 0.29) is 16.6 Å². The lowest BCUT2D eigenvalue weighted by atomic mass is 10.2. The van der Waals surface area contributed by atoms with Crippen molar-refractivity contribution in [3.63, 3.8) is 0 Å². The van der Waals surface area contributed by atoms with Crippen LogP contribution >= 0.6 is 11.6 Å². The van der Waals surface area contributed by atoms with Gasteiger partial charge in [0.1, 0.15) is 23.3 Å². The van der Waals surface area contributed by atoms with Crippen molar-refractivity contribution < 1.29 is 8.81 Å². The number of nitrogens with zero attached hydrogens (tertiary/aromatic N) is 4. The molecule has 1 N–H and O–H groups in total. The zero-order valence-corrected chi connectivity index (χ0v) is 11.4. The minimum atomic E-state index is -0.521. The average Bonchev–Trinajstić information content (AvgIpc) is 3.07. The third-order valence-corrected chi connectivity index (χ3v) is 3.13. The van der Waals surface area contributed by atoms with Gasteiger partial charge in [-0.15, -0.1) is 5.10 Å². The van der Waals surface area contributed by atoms with Crippen LogP contribution in [0.15, 0.2) is 22.6 Å². The highest BCUT2D eigenvalue weighted by Gasteiger charge is 2.19. The fraction of sp³-hybridized carbons (Fsp3) is 0.0769. The molecule has 0 radical (unpaired) electrons. The Morgan fingerprint density at radius 1 is 1.33 bits per heavy atom. The highest BCUT2D eigenvalue weighted by molar-refractivity contribution is 6.31. The number of aromatic amines is 1. The Labute approximate surface area is 123 Å². The molecule has 104 valence electrons. The predicted molar refractivity (Wildman–Crippen MR) is 71.7 cm³/mol. The highest BCUT2D eigenvalue weighted by atomic mass is 35.5. The average molecular weight is 304 g/mol. The second-order valence-corrected chi connectivity index (χ2v) is 4.59. The van der Waals surface area contributed by atoms with E-state index in [4.69, 9.17) is 21.3 Å². The summed E-state index contributed by atoms with van der Waals surface area (Å²) in [6.07, 6.45) is 0. The summed E-state index contributed by atoms with van der Waals surface area (Å²) in [5, 5.41) is 18.9. The molecule has 0 spiro atoms. The Kier molecular flexibility index (Phi) is 3.16. The Morgan fingerprint density at radius 2 is 2.14 bits per heavy atom. The lowest BCUT2D eigenvalue weighted by Gasteiger charge is -1.97. The number of H-pyrrole nitrogens is 1. The third kappa shape index (κ3) is 2.26. The van der Waals surface area contributed by atoms with Gasteiger partial charge in [0.25, 0.3) is 0 Å². The van der Waals surface area contributed by atoms with E-state index in [0.717, 1.165) is 0 Å². The first-order valence-electron chi connectivity index (χ1n) is 5.84. The van der Waals surface area contributed by atoms with E-state index in [0.29, 0.717) is 22.7 Å². The molecule has 0 fully saturated rings. The van der Waals surface area contributed by atoms with Gasteiger partial charge in [-0.25, -0.2) is 9.37 Å². The van der Waals surface area contributed by atoms with Gasteiger partial charge in [0, 0.05) is 5.56 Å². The van der Waals surface area contributed by atoms with E-state index < -0.39 is 5.82 Å². The van der Waals surface area contributed by atoms with E-state index in [9.17, 15) is 4.39 Å². The fourth-order valence-corrected chi connectivity index (χ4v) is 2.02. The number of rotatable bonds is 2. The summed E-state index contributed by atoms with van der Waals surface area (Å²) in [5.41, 5.74) is 1.35. The summed E-state index contributed by atoms with van der Waals surface area (Å²) in [6, 6.07) is 6.06. The van der Waals surface area contributed by atoms with Crippen molar-refractivity contribution in [1.29, 1.82) is 5.26 Å². The van der Waals surface area contributed by atoms with Crippen molar-refractivity contribution in [2.75, 3.05) is 0 Å². The van der Waals surface area contributed by atoms with Crippen LogP contribution in [0.2, 0.25) is 5.02 Å². The smallest absolute Gasteiger partial charge is 0.226 e. The van der Waals surface area contributed by atoms with Crippen molar-refractivity contribution in [1.82, 2.24) is 20.4 Å². The van der Waals surface area contributed by atoms with Crippen LogP contribution in [0.5, 0.6) is 0 Å². The quantitative estimate of drug-likeness (QED) is 0.785. The van der Waals surface area contributed by atoms with Gasteiger partial charge in [0.2, 0.25) is 5.89 Å². The van der Waals surface area contributed by atoms with Crippen LogP contribution in [0.3, 0.4) is 0 Å². The van der Waals surface area contributed by atoms with Gasteiger partial charge in [-0.1, -0.05) is 11.6 Å². The number of benzene rings is 1. The van der Waals surface area contributed by atoms with Gasteiger partial charge >= 0.3 is 0 Å². The van der Waals surface area contributed by atoms with Crippen molar-refractivity contribution in [2.45, 2.75) is 6.92 Å². The van der Waals surface area contributed by atoms with Crippen LogP contribution in [0.25, 0.3) is 22.8 Å². The Bertz CT molecular complexity index is 864. The van der Waals surface area contributed by atoms with Crippen LogP contribution in [-0.4, -0.2) is 20.4 Å². The molecule has 0 saturated carbocycles. The molecule has 0 saturated heterocycles. The van der Waals surface area contributed by atoms with Gasteiger partial charge in [0.15, 0.2) is 11.4 Å². The van der Waals surface area contributed by atoms with Crippen molar-refractivity contribution in [3.8, 4) is 28.9 Å². The number of halogens is 2. The van der Waals surface area contributed by atoms with Crippen LogP contribution in [-0.2, 0) is 0 Å². The largest absolute Gasteiger partial charge is 0.441 e. The summed E-state index contributed by atoms with van der Waals surface area (Å²) in [6.45, 7) is 1.69. The highest BCUT2D eigenvalue weighted by Crippen LogP contribution is 2.30. The first-order valence-corrected chi connectivity index (χ1v) is 6.22. The summed E-state index contributed by atoms with van der Waals surface area (Å²) in [5.74, 6) is 0.208. The first-order chi connectivity index (χ1) is 10.1. The molecule has 21 heavy (non-hydrogen) atoms. The molecule has 2 heterocycles. The number of nitrogens with one attached hydrogen (secondary N) is 1. The van der Waals surface area contributed by atoms with E-state index in [1.165, 1.54) is 18.2 Å². The molecule has 0 atom stereocenters. The summed E-state index contributed by atoms with van der Waals surface area (Å²) in [4.78, 5) is 4.28. The summed E-state index contributed by atoms with van der Waals surface area (Å²) in [7, 11) is 0. The number of hydrogen-bond donors (Lipinski definition) is 1. The summed E-state index contributed by atoms with van der Waals surface area (Å²) < 4.78 is 18.7. The lowest BCUT2D eigenvalue weighted by molar-refractivity contribution is 0.543. The monoisotopic (exact) mass is 303 g/mol. The van der Waals surface area contributed by atoms with E-state index >= 15 is 0 Å². The van der Waals surface area contributed by atoms with Gasteiger partial charge in [-0.05, 0) is 25.1 Å². The molecule has 0 unspecified atom stereocenters. The normalized spacial score (nSPS) is 10.6. The molecule has 0 aliphatic heterocycles. The zero-order chi connectivity index (χ0) is 15.0. The molecule has 0 amide bonds. The number of nitriles is 1. The lowest BCUT2D eigenvalue weighted by Crippen LogP contribution is -1.86. The number of aromatic nitrogens is 4. The van der Waals surface area contributed by atoms with E-state index in [2.05, 4.69) is 20.4 Å². The number of oxazole rings is 1. The first kappa shape index (κ1) is 13.3. The van der Waals surface area contributed by atoms with Crippen molar-refractivity contribution >= 4 is 11.6 Å². The molecule has 0 bridgehead atoms. The fourth-order valence-electron chi connectivity index (χ4n) is 1.84. The Morgan fingerprint density at radius 3 is 2.86 bits per heavy atom. The molecule has 8 heteroatoms. The Balaban J connectivity index is 2.10. The topological polar surface area (TPSA) is 91.4 Å². The summed E-state index contributed by atoms with van der Waals surface area (Å²) >= 11 is 5.74. The van der Waals surface area contributed by atoms with Crippen LogP contribution in [0, 0.1) is 24.1 Å². The predicted octanol–water partition coefficient (Wildman–Crippen LogP) is 3.10. The van der Waals surface area contributed by atoms with Crippen LogP contribution < -0.4 is 0 Å². The van der Waals surface area contributed by atoms with Crippen LogP contribution in [0.4, 0.5) is 4.39 Å². The molecule has 0 aliphatic rings. The molecule has 3 rings (SSSR count). The van der Waals surface area contributed by atoms with E-state index in [1.807, 2.05) is 6.07 Å². The molecule has 1 aromatic carbocycles. The molecule has 0 aliphatic carbocycles. The Hall–Kier alpha value is -2.72. The van der Waals surface area contributed by atoms with Gasteiger partial charge in [-0.2, -0.15) is 15.6 Å². The van der Waals surface area contributed by atoms with Gasteiger partial charge in [-0.3, -0.25) is 0 Å². The SMILES string of the molecule is Cc1oc(-c2ccc(F)c(Cl)c2)nc1-c1n[nH]nc1C#N. The molecule has 6 nitrogen and oxygen atoms in total. The van der Waals surface area contributed by atoms with Crippen molar-refractivity contribution in [3.05, 3.63) is 40.5 Å². The second-order valence-electron chi connectivity index (χ2n) is 4.19. The molecule has 3 aromatic rings. The minimum Gasteiger partial charge on any atom is -0.441 e. The third-order valence-electron chi connectivity index (χ3n) is 2.84. The minimum absolute atomic E-state index is 0.0240. The number of aryl methyl sites for hydroxylation is 1. The van der Waals surface area contributed by atoms with Crippen LogP contribution in [0.1, 0.15) is 11.5 Å². The molecular formula is C13H7ClFN5O. The number of hydrogen-bond acceptors (Lipinski definition) is 5.